The van der Waals surface area contributed by atoms with E-state index in [1.165, 1.54) is 11.1 Å². The second-order valence-electron chi connectivity index (χ2n) is 6.32. The van der Waals surface area contributed by atoms with Crippen molar-refractivity contribution in [1.29, 1.82) is 0 Å². The molecule has 0 aliphatic rings. The first kappa shape index (κ1) is 15.4. The van der Waals surface area contributed by atoms with Crippen LogP contribution in [0.3, 0.4) is 0 Å². The van der Waals surface area contributed by atoms with Gasteiger partial charge in [0.1, 0.15) is 11.3 Å². The highest BCUT2D eigenvalue weighted by molar-refractivity contribution is 6.09. The molecular weight excluding hydrogens is 310 g/mol. The largest absolute Gasteiger partial charge is 0.508 e. The Morgan fingerprint density at radius 2 is 1.80 bits per heavy atom. The number of nitrogen functional groups attached to an aromatic ring is 1. The standard InChI is InChI=1S/C21H19N3O/c1-13-12-16(25)9-8-14(13)6-7-15-10-11-23-20-19(15)17-4-2-3-5-18(17)24-21(20)22/h2-5,8-12,25H,6-7H2,1H3,(H2,22,24). The third-order valence-corrected chi connectivity index (χ3v) is 4.68. The molecule has 0 saturated heterocycles. The van der Waals surface area contributed by atoms with Gasteiger partial charge in [0.2, 0.25) is 0 Å². The first-order valence-electron chi connectivity index (χ1n) is 8.34. The highest BCUT2D eigenvalue weighted by Crippen LogP contribution is 2.30. The maximum atomic E-state index is 9.58. The number of aromatic hydroxyl groups is 1. The quantitative estimate of drug-likeness (QED) is 0.554. The summed E-state index contributed by atoms with van der Waals surface area (Å²) in [7, 11) is 0. The lowest BCUT2D eigenvalue weighted by Gasteiger charge is -2.12. The summed E-state index contributed by atoms with van der Waals surface area (Å²) in [5, 5.41) is 11.7. The molecule has 2 aromatic carbocycles. The molecule has 4 aromatic rings. The minimum absolute atomic E-state index is 0.306. The van der Waals surface area contributed by atoms with Gasteiger partial charge in [-0.2, -0.15) is 0 Å². The molecule has 0 unspecified atom stereocenters. The maximum Gasteiger partial charge on any atom is 0.150 e. The number of nitrogens with two attached hydrogens (primary N) is 1. The van der Waals surface area contributed by atoms with E-state index in [1.807, 2.05) is 31.2 Å². The number of hydrogen-bond acceptors (Lipinski definition) is 4. The van der Waals surface area contributed by atoms with Crippen molar-refractivity contribution in [2.75, 3.05) is 5.73 Å². The van der Waals surface area contributed by atoms with Crippen LogP contribution in [0.15, 0.2) is 54.7 Å². The molecule has 0 amide bonds. The Morgan fingerprint density at radius 1 is 1.00 bits per heavy atom. The molecule has 0 fully saturated rings. The summed E-state index contributed by atoms with van der Waals surface area (Å²) in [6.45, 7) is 2.02. The second-order valence-corrected chi connectivity index (χ2v) is 6.32. The Balaban J connectivity index is 1.82. The van der Waals surface area contributed by atoms with Crippen molar-refractivity contribution >= 4 is 27.6 Å². The van der Waals surface area contributed by atoms with Gasteiger partial charge in [-0.25, -0.2) is 4.98 Å². The summed E-state index contributed by atoms with van der Waals surface area (Å²) < 4.78 is 0. The van der Waals surface area contributed by atoms with E-state index in [1.54, 1.807) is 18.3 Å². The van der Waals surface area contributed by atoms with Crippen LogP contribution in [0.5, 0.6) is 5.75 Å². The summed E-state index contributed by atoms with van der Waals surface area (Å²) in [5.74, 6) is 0.775. The molecule has 0 aliphatic heterocycles. The highest BCUT2D eigenvalue weighted by atomic mass is 16.3. The van der Waals surface area contributed by atoms with Crippen LogP contribution in [-0.2, 0) is 12.8 Å². The number of benzene rings is 2. The van der Waals surface area contributed by atoms with E-state index in [2.05, 4.69) is 22.1 Å². The molecule has 0 radical (unpaired) electrons. The predicted octanol–water partition coefficient (Wildman–Crippen LogP) is 4.16. The lowest BCUT2D eigenvalue weighted by atomic mass is 9.97. The van der Waals surface area contributed by atoms with E-state index in [-0.39, 0.29) is 0 Å². The zero-order valence-corrected chi connectivity index (χ0v) is 14.0. The third kappa shape index (κ3) is 2.76. The number of phenolic OH excluding ortho intramolecular Hbond substituents is 1. The van der Waals surface area contributed by atoms with Gasteiger partial charge in [0.15, 0.2) is 5.82 Å². The molecule has 124 valence electrons. The van der Waals surface area contributed by atoms with Crippen LogP contribution in [0.1, 0.15) is 16.7 Å². The fourth-order valence-electron chi connectivity index (χ4n) is 3.40. The van der Waals surface area contributed by atoms with Crippen molar-refractivity contribution < 1.29 is 5.11 Å². The summed E-state index contributed by atoms with van der Waals surface area (Å²) in [5.41, 5.74) is 11.3. The smallest absolute Gasteiger partial charge is 0.150 e. The molecule has 4 rings (SSSR count). The Morgan fingerprint density at radius 3 is 2.64 bits per heavy atom. The molecule has 0 aliphatic carbocycles. The molecule has 2 aromatic heterocycles. The molecule has 0 saturated carbocycles. The molecular formula is C21H19N3O. The molecule has 25 heavy (non-hydrogen) atoms. The van der Waals surface area contributed by atoms with Crippen LogP contribution in [0.2, 0.25) is 0 Å². The molecule has 0 atom stereocenters. The van der Waals surface area contributed by atoms with Crippen LogP contribution in [-0.4, -0.2) is 15.1 Å². The molecule has 3 N–H and O–H groups in total. The van der Waals surface area contributed by atoms with E-state index in [0.717, 1.165) is 40.2 Å². The van der Waals surface area contributed by atoms with Gasteiger partial charge in [0, 0.05) is 17.0 Å². The summed E-state index contributed by atoms with van der Waals surface area (Å²) in [6, 6.07) is 15.6. The highest BCUT2D eigenvalue weighted by Gasteiger charge is 2.11. The van der Waals surface area contributed by atoms with Gasteiger partial charge in [0.25, 0.3) is 0 Å². The minimum atomic E-state index is 0.306. The second kappa shape index (κ2) is 6.06. The van der Waals surface area contributed by atoms with Gasteiger partial charge in [-0.15, -0.1) is 0 Å². The Hall–Kier alpha value is -3.14. The SMILES string of the molecule is Cc1cc(O)ccc1CCc1ccnc2c(N)nc3ccccc3c12. The van der Waals surface area contributed by atoms with Gasteiger partial charge < -0.3 is 10.8 Å². The lowest BCUT2D eigenvalue weighted by molar-refractivity contribution is 0.474. The first-order valence-corrected chi connectivity index (χ1v) is 8.34. The normalized spacial score (nSPS) is 11.2. The Bertz CT molecular complexity index is 1090. The Labute approximate surface area is 146 Å². The fraction of sp³-hybridized carbons (Fsp3) is 0.143. The van der Waals surface area contributed by atoms with Crippen LogP contribution < -0.4 is 5.73 Å². The molecule has 0 bridgehead atoms. The monoisotopic (exact) mass is 329 g/mol. The number of hydrogen-bond donors (Lipinski definition) is 2. The minimum Gasteiger partial charge on any atom is -0.508 e. The zero-order chi connectivity index (χ0) is 17.4. The zero-order valence-electron chi connectivity index (χ0n) is 14.0. The van der Waals surface area contributed by atoms with Crippen molar-refractivity contribution in [3.05, 3.63) is 71.4 Å². The molecule has 4 heteroatoms. The third-order valence-electron chi connectivity index (χ3n) is 4.68. The van der Waals surface area contributed by atoms with E-state index in [4.69, 9.17) is 5.73 Å². The van der Waals surface area contributed by atoms with Gasteiger partial charge >= 0.3 is 0 Å². The number of phenols is 1. The lowest BCUT2D eigenvalue weighted by Crippen LogP contribution is -2.00. The predicted molar refractivity (Wildman–Crippen MR) is 102 cm³/mol. The maximum absolute atomic E-state index is 9.58. The van der Waals surface area contributed by atoms with Crippen molar-refractivity contribution in [2.24, 2.45) is 0 Å². The van der Waals surface area contributed by atoms with Crippen molar-refractivity contribution in [3.8, 4) is 5.75 Å². The van der Waals surface area contributed by atoms with E-state index >= 15 is 0 Å². The number of pyridine rings is 2. The van der Waals surface area contributed by atoms with Crippen LogP contribution in [0.25, 0.3) is 21.8 Å². The summed E-state index contributed by atoms with van der Waals surface area (Å²) in [6.07, 6.45) is 3.56. The average Bonchev–Trinajstić information content (AvgIpc) is 2.61. The van der Waals surface area contributed by atoms with Gasteiger partial charge in [0.05, 0.1) is 5.52 Å². The van der Waals surface area contributed by atoms with Gasteiger partial charge in [-0.3, -0.25) is 4.98 Å². The summed E-state index contributed by atoms with van der Waals surface area (Å²) >= 11 is 0. The first-order chi connectivity index (χ1) is 12.1. The van der Waals surface area contributed by atoms with Crippen molar-refractivity contribution in [1.82, 2.24) is 9.97 Å². The van der Waals surface area contributed by atoms with Gasteiger partial charge in [-0.05, 0) is 60.7 Å². The number of aryl methyl sites for hydroxylation is 3. The van der Waals surface area contributed by atoms with E-state index in [0.29, 0.717) is 11.6 Å². The van der Waals surface area contributed by atoms with Crippen molar-refractivity contribution in [3.63, 3.8) is 0 Å². The van der Waals surface area contributed by atoms with Crippen LogP contribution in [0.4, 0.5) is 5.82 Å². The van der Waals surface area contributed by atoms with Crippen molar-refractivity contribution in [2.45, 2.75) is 19.8 Å². The van der Waals surface area contributed by atoms with Crippen LogP contribution >= 0.6 is 0 Å². The fourth-order valence-corrected chi connectivity index (χ4v) is 3.40. The summed E-state index contributed by atoms with van der Waals surface area (Å²) in [4.78, 5) is 8.93. The molecule has 4 nitrogen and oxygen atoms in total. The molecule has 2 heterocycles. The number of para-hydroxylation sites is 1. The Kier molecular flexibility index (Phi) is 3.73. The van der Waals surface area contributed by atoms with E-state index in [9.17, 15) is 5.11 Å². The number of aromatic nitrogens is 2. The number of rotatable bonds is 3. The van der Waals surface area contributed by atoms with Crippen LogP contribution in [0, 0.1) is 6.92 Å². The average molecular weight is 329 g/mol. The number of fused-ring (bicyclic) bond motifs is 3. The molecule has 0 spiro atoms. The van der Waals surface area contributed by atoms with E-state index < -0.39 is 0 Å². The number of nitrogens with zero attached hydrogens (tertiary/aromatic N) is 2. The topological polar surface area (TPSA) is 72.0 Å². The number of anilines is 1. The van der Waals surface area contributed by atoms with Gasteiger partial charge in [-0.1, -0.05) is 24.3 Å².